The third-order valence-electron chi connectivity index (χ3n) is 5.17. The molecule has 0 spiro atoms. The third kappa shape index (κ3) is 11.0. The minimum absolute atomic E-state index is 0.129. The summed E-state index contributed by atoms with van der Waals surface area (Å²) >= 11 is 0. The second kappa shape index (κ2) is 15.5. The number of carbonyl (C=O) groups is 2. The van der Waals surface area contributed by atoms with Gasteiger partial charge in [-0.25, -0.2) is 4.79 Å². The van der Waals surface area contributed by atoms with Crippen LogP contribution < -0.4 is 0 Å². The number of furan rings is 1. The Morgan fingerprint density at radius 3 is 1.67 bits per heavy atom. The van der Waals surface area contributed by atoms with E-state index in [2.05, 4.69) is 6.92 Å². The summed E-state index contributed by atoms with van der Waals surface area (Å²) in [5.74, 6) is -1.54. The van der Waals surface area contributed by atoms with Crippen molar-refractivity contribution in [3.05, 3.63) is 23.7 Å². The second-order valence-corrected chi connectivity index (χ2v) is 7.59. The quantitative estimate of drug-likeness (QED) is 0.213. The standard InChI is InChI=1S/C23H38O4/c1-2-3-4-5-6-7-8-9-10-11-12-13-14-15-16-17-21(24)20-18-19-27-22(20)23(25)26/h18-19H,2-17H2,1H3,(H,25,26). The van der Waals surface area contributed by atoms with Crippen molar-refractivity contribution in [2.75, 3.05) is 0 Å². The first-order valence-electron chi connectivity index (χ1n) is 11.0. The first kappa shape index (κ1) is 23.5. The van der Waals surface area contributed by atoms with Crippen LogP contribution in [0.15, 0.2) is 16.7 Å². The van der Waals surface area contributed by atoms with Crippen molar-refractivity contribution < 1.29 is 19.1 Å². The Hall–Kier alpha value is -1.58. The van der Waals surface area contributed by atoms with E-state index in [0.29, 0.717) is 6.42 Å². The lowest BCUT2D eigenvalue weighted by Crippen LogP contribution is -2.05. The fourth-order valence-electron chi connectivity index (χ4n) is 3.49. The van der Waals surface area contributed by atoms with Crippen molar-refractivity contribution in [2.24, 2.45) is 0 Å². The molecule has 0 aliphatic heterocycles. The SMILES string of the molecule is CCCCCCCCCCCCCCCCCC(=O)c1ccoc1C(=O)O. The number of aromatic carboxylic acids is 1. The van der Waals surface area contributed by atoms with Gasteiger partial charge in [0.25, 0.3) is 0 Å². The number of ketones is 1. The van der Waals surface area contributed by atoms with E-state index in [1.807, 2.05) is 0 Å². The minimum atomic E-state index is -1.18. The Balaban J connectivity index is 1.88. The summed E-state index contributed by atoms with van der Waals surface area (Å²) < 4.78 is 4.86. The molecule has 1 aromatic rings. The average molecular weight is 379 g/mol. The highest BCUT2D eigenvalue weighted by Crippen LogP contribution is 2.17. The largest absolute Gasteiger partial charge is 0.475 e. The van der Waals surface area contributed by atoms with Crippen LogP contribution in [0.3, 0.4) is 0 Å². The molecule has 0 atom stereocenters. The van der Waals surface area contributed by atoms with Crippen LogP contribution in [0.4, 0.5) is 0 Å². The highest BCUT2D eigenvalue weighted by atomic mass is 16.4. The summed E-state index contributed by atoms with van der Waals surface area (Å²) in [7, 11) is 0. The van der Waals surface area contributed by atoms with E-state index in [9.17, 15) is 9.59 Å². The minimum Gasteiger partial charge on any atom is -0.475 e. The topological polar surface area (TPSA) is 67.5 Å². The van der Waals surface area contributed by atoms with E-state index in [1.165, 1.54) is 89.4 Å². The van der Waals surface area contributed by atoms with Gasteiger partial charge in [-0.05, 0) is 12.5 Å². The molecule has 0 bridgehead atoms. The van der Waals surface area contributed by atoms with Crippen LogP contribution in [-0.2, 0) is 0 Å². The Morgan fingerprint density at radius 2 is 1.22 bits per heavy atom. The highest BCUT2D eigenvalue weighted by molar-refractivity contribution is 6.04. The third-order valence-corrected chi connectivity index (χ3v) is 5.17. The van der Waals surface area contributed by atoms with Crippen LogP contribution in [0.1, 0.15) is 131 Å². The van der Waals surface area contributed by atoms with E-state index >= 15 is 0 Å². The van der Waals surface area contributed by atoms with Gasteiger partial charge in [0.05, 0.1) is 11.8 Å². The van der Waals surface area contributed by atoms with Crippen molar-refractivity contribution in [2.45, 2.75) is 110 Å². The molecule has 0 saturated heterocycles. The number of Topliss-reactive ketones (excluding diaryl/α,β-unsaturated/α-hetero) is 1. The van der Waals surface area contributed by atoms with E-state index in [1.54, 1.807) is 0 Å². The number of carbonyl (C=O) groups excluding carboxylic acids is 1. The number of unbranched alkanes of at least 4 members (excludes halogenated alkanes) is 14. The van der Waals surface area contributed by atoms with Crippen LogP contribution in [0.5, 0.6) is 0 Å². The Labute approximate surface area is 164 Å². The van der Waals surface area contributed by atoms with E-state index < -0.39 is 5.97 Å². The van der Waals surface area contributed by atoms with Gasteiger partial charge >= 0.3 is 5.97 Å². The summed E-state index contributed by atoms with van der Waals surface area (Å²) in [5, 5.41) is 8.96. The monoisotopic (exact) mass is 378 g/mol. The number of hydrogen-bond donors (Lipinski definition) is 1. The van der Waals surface area contributed by atoms with E-state index in [-0.39, 0.29) is 17.1 Å². The molecule has 0 aliphatic carbocycles. The first-order chi connectivity index (χ1) is 13.2. The van der Waals surface area contributed by atoms with Crippen LogP contribution in [0.2, 0.25) is 0 Å². The van der Waals surface area contributed by atoms with Gasteiger partial charge in [0.15, 0.2) is 5.78 Å². The Morgan fingerprint density at radius 1 is 0.778 bits per heavy atom. The molecular weight excluding hydrogens is 340 g/mol. The molecule has 0 aromatic carbocycles. The molecule has 0 amide bonds. The van der Waals surface area contributed by atoms with Crippen molar-refractivity contribution in [3.63, 3.8) is 0 Å². The lowest BCUT2D eigenvalue weighted by atomic mass is 10.0. The fraction of sp³-hybridized carbons (Fsp3) is 0.739. The zero-order chi connectivity index (χ0) is 19.7. The van der Waals surface area contributed by atoms with Crippen LogP contribution in [0, 0.1) is 0 Å². The summed E-state index contributed by atoms with van der Waals surface area (Å²) in [6, 6.07) is 1.46. The molecule has 1 aromatic heterocycles. The second-order valence-electron chi connectivity index (χ2n) is 7.59. The number of rotatable bonds is 18. The molecule has 0 radical (unpaired) electrons. The van der Waals surface area contributed by atoms with Crippen molar-refractivity contribution in [1.82, 2.24) is 0 Å². The molecule has 0 unspecified atom stereocenters. The first-order valence-corrected chi connectivity index (χ1v) is 11.0. The maximum Gasteiger partial charge on any atom is 0.372 e. The zero-order valence-electron chi connectivity index (χ0n) is 17.1. The fourth-order valence-corrected chi connectivity index (χ4v) is 3.49. The molecule has 0 saturated carbocycles. The van der Waals surface area contributed by atoms with Gasteiger partial charge in [0.1, 0.15) is 0 Å². The predicted octanol–water partition coefficient (Wildman–Crippen LogP) is 7.42. The molecular formula is C23H38O4. The molecule has 4 nitrogen and oxygen atoms in total. The summed E-state index contributed by atoms with van der Waals surface area (Å²) in [5.41, 5.74) is 0.202. The maximum absolute atomic E-state index is 12.0. The van der Waals surface area contributed by atoms with Gasteiger partial charge in [0.2, 0.25) is 5.76 Å². The lowest BCUT2D eigenvalue weighted by molar-refractivity contribution is 0.0656. The number of carboxylic acids is 1. The van der Waals surface area contributed by atoms with Crippen LogP contribution in [0.25, 0.3) is 0 Å². The number of carboxylic acid groups (broad SMARTS) is 1. The highest BCUT2D eigenvalue weighted by Gasteiger charge is 2.19. The molecule has 1 rings (SSSR count). The van der Waals surface area contributed by atoms with Gasteiger partial charge < -0.3 is 9.52 Å². The van der Waals surface area contributed by atoms with Gasteiger partial charge in [0, 0.05) is 6.42 Å². The summed E-state index contributed by atoms with van der Waals surface area (Å²) in [4.78, 5) is 23.0. The molecule has 27 heavy (non-hydrogen) atoms. The Kier molecular flexibility index (Phi) is 13.4. The zero-order valence-corrected chi connectivity index (χ0v) is 17.1. The number of hydrogen-bond acceptors (Lipinski definition) is 3. The smallest absolute Gasteiger partial charge is 0.372 e. The molecule has 4 heteroatoms. The predicted molar refractivity (Wildman–Crippen MR) is 110 cm³/mol. The van der Waals surface area contributed by atoms with Gasteiger partial charge in [-0.1, -0.05) is 96.8 Å². The lowest BCUT2D eigenvalue weighted by Gasteiger charge is -2.03. The molecule has 154 valence electrons. The van der Waals surface area contributed by atoms with Crippen LogP contribution >= 0.6 is 0 Å². The molecule has 1 N–H and O–H groups in total. The average Bonchev–Trinajstić information content (AvgIpc) is 3.15. The Bertz CT molecular complexity index is 518. The normalized spacial score (nSPS) is 11.0. The van der Waals surface area contributed by atoms with E-state index in [4.69, 9.17) is 9.52 Å². The summed E-state index contributed by atoms with van der Waals surface area (Å²) in [6.07, 6.45) is 21.0. The van der Waals surface area contributed by atoms with Crippen LogP contribution in [-0.4, -0.2) is 16.9 Å². The van der Waals surface area contributed by atoms with Crippen molar-refractivity contribution >= 4 is 11.8 Å². The molecule has 0 aliphatic rings. The maximum atomic E-state index is 12.0. The molecule has 1 heterocycles. The van der Waals surface area contributed by atoms with Crippen molar-refractivity contribution in [3.8, 4) is 0 Å². The van der Waals surface area contributed by atoms with E-state index in [0.717, 1.165) is 19.3 Å². The molecule has 0 fully saturated rings. The van der Waals surface area contributed by atoms with Crippen molar-refractivity contribution in [1.29, 1.82) is 0 Å². The van der Waals surface area contributed by atoms with Gasteiger partial charge in [-0.2, -0.15) is 0 Å². The van der Waals surface area contributed by atoms with Gasteiger partial charge in [-0.3, -0.25) is 4.79 Å². The van der Waals surface area contributed by atoms with Gasteiger partial charge in [-0.15, -0.1) is 0 Å². The summed E-state index contributed by atoms with van der Waals surface area (Å²) in [6.45, 7) is 2.26.